The standard InChI is InChI=1S/C28H33FO5/c1-17-13-22-21-10-9-18-14-19(30)11-12-24(18,2)27(21,29)23(31)15-25(22,3)28(17,32)26(16-33-26)34-20-7-5-4-6-8-20/h4-8,11-12,14,17,21-23,31-32H,9-10,13,15-16H2,1-3H3/t17-,21+,22+,23+,24+,25+,26?,27+,28-/m1/s1. The SMILES string of the molecule is C[C@@H]1C[C@H]2[C@@H]3CCC4=CC(=O)C=C[C@]4(C)[C@@]3(F)[C@@H](O)C[C@]2(C)[C@@]1(O)C1(Oc2ccccc2)CO1. The van der Waals surface area contributed by atoms with Crippen LogP contribution in [0.25, 0.3) is 0 Å². The molecule has 4 aliphatic carbocycles. The summed E-state index contributed by atoms with van der Waals surface area (Å²) in [4.78, 5) is 12.0. The Bertz CT molecular complexity index is 1100. The van der Waals surface area contributed by atoms with Crippen molar-refractivity contribution in [3.8, 4) is 5.75 Å². The second kappa shape index (κ2) is 6.80. The van der Waals surface area contributed by atoms with Crippen LogP contribution in [0.1, 0.15) is 46.5 Å². The van der Waals surface area contributed by atoms with Crippen molar-refractivity contribution in [2.75, 3.05) is 6.61 Å². The number of rotatable bonds is 3. The van der Waals surface area contributed by atoms with Gasteiger partial charge in [-0.3, -0.25) is 4.79 Å². The van der Waals surface area contributed by atoms with Gasteiger partial charge >= 0.3 is 0 Å². The molecule has 1 unspecified atom stereocenters. The number of halogens is 1. The van der Waals surface area contributed by atoms with Crippen molar-refractivity contribution in [1.82, 2.24) is 0 Å². The van der Waals surface area contributed by atoms with Gasteiger partial charge in [0.05, 0.1) is 6.10 Å². The smallest absolute Gasteiger partial charge is 0.264 e. The second-order valence-corrected chi connectivity index (χ2v) is 11.6. The maximum absolute atomic E-state index is 17.3. The van der Waals surface area contributed by atoms with Crippen LogP contribution in [0.3, 0.4) is 0 Å². The Hall–Kier alpha value is -2.02. The number of carbonyl (C=O) groups is 1. The number of epoxide rings is 1. The van der Waals surface area contributed by atoms with E-state index in [4.69, 9.17) is 9.47 Å². The predicted octanol–water partition coefficient (Wildman–Crippen LogP) is 4.14. The monoisotopic (exact) mass is 468 g/mol. The van der Waals surface area contributed by atoms with E-state index in [0.29, 0.717) is 25.0 Å². The molecule has 6 rings (SSSR count). The minimum Gasteiger partial charge on any atom is -0.457 e. The first-order chi connectivity index (χ1) is 16.0. The number of aliphatic hydroxyl groups is 2. The average molecular weight is 469 g/mol. The van der Waals surface area contributed by atoms with Gasteiger partial charge in [0, 0.05) is 16.7 Å². The highest BCUT2D eigenvalue weighted by atomic mass is 19.1. The number of fused-ring (bicyclic) bond motifs is 5. The van der Waals surface area contributed by atoms with Crippen LogP contribution in [0.5, 0.6) is 5.75 Å². The molecule has 5 aliphatic rings. The molecule has 1 saturated heterocycles. The predicted molar refractivity (Wildman–Crippen MR) is 124 cm³/mol. The molecule has 34 heavy (non-hydrogen) atoms. The zero-order valence-corrected chi connectivity index (χ0v) is 20.0. The number of alkyl halides is 1. The third kappa shape index (κ3) is 2.47. The third-order valence-electron chi connectivity index (χ3n) is 10.2. The van der Waals surface area contributed by atoms with Crippen LogP contribution < -0.4 is 4.74 Å². The van der Waals surface area contributed by atoms with Crippen molar-refractivity contribution in [3.63, 3.8) is 0 Å². The Morgan fingerprint density at radius 1 is 1.18 bits per heavy atom. The number of ether oxygens (including phenoxy) is 2. The molecule has 0 amide bonds. The quantitative estimate of drug-likeness (QED) is 0.652. The van der Waals surface area contributed by atoms with Crippen LogP contribution in [-0.4, -0.2) is 45.8 Å². The second-order valence-electron chi connectivity index (χ2n) is 11.6. The van der Waals surface area contributed by atoms with E-state index >= 15 is 4.39 Å². The summed E-state index contributed by atoms with van der Waals surface area (Å²) in [7, 11) is 0. The molecule has 0 aromatic heterocycles. The number of hydrogen-bond donors (Lipinski definition) is 2. The number of benzene rings is 1. The van der Waals surface area contributed by atoms with Gasteiger partial charge in [0.25, 0.3) is 5.79 Å². The molecule has 9 atom stereocenters. The van der Waals surface area contributed by atoms with Gasteiger partial charge in [0.1, 0.15) is 18.0 Å². The van der Waals surface area contributed by atoms with Crippen molar-refractivity contribution in [1.29, 1.82) is 0 Å². The van der Waals surface area contributed by atoms with Crippen molar-refractivity contribution in [3.05, 3.63) is 54.1 Å². The fraction of sp³-hybridized carbons (Fsp3) is 0.607. The lowest BCUT2D eigenvalue weighted by atomic mass is 9.44. The van der Waals surface area contributed by atoms with Crippen molar-refractivity contribution >= 4 is 5.78 Å². The van der Waals surface area contributed by atoms with Crippen LogP contribution in [0.15, 0.2) is 54.1 Å². The summed E-state index contributed by atoms with van der Waals surface area (Å²) in [5.74, 6) is -1.55. The molecule has 4 fully saturated rings. The minimum atomic E-state index is -1.92. The minimum absolute atomic E-state index is 0.0966. The number of hydrogen-bond acceptors (Lipinski definition) is 5. The summed E-state index contributed by atoms with van der Waals surface area (Å²) >= 11 is 0. The summed E-state index contributed by atoms with van der Waals surface area (Å²) in [6, 6.07) is 9.31. The van der Waals surface area contributed by atoms with Crippen molar-refractivity contribution < 1.29 is 28.9 Å². The number of carbonyl (C=O) groups excluding carboxylic acids is 1. The molecular weight excluding hydrogens is 435 g/mol. The summed E-state index contributed by atoms with van der Waals surface area (Å²) in [6.07, 6.45) is 5.21. The molecule has 1 aliphatic heterocycles. The van der Waals surface area contributed by atoms with Crippen LogP contribution in [0, 0.1) is 28.6 Å². The topological polar surface area (TPSA) is 79.3 Å². The van der Waals surface area contributed by atoms with Crippen molar-refractivity contribution in [2.45, 2.75) is 69.6 Å². The highest BCUT2D eigenvalue weighted by molar-refractivity contribution is 6.01. The van der Waals surface area contributed by atoms with Crippen molar-refractivity contribution in [2.24, 2.45) is 28.6 Å². The van der Waals surface area contributed by atoms with E-state index in [0.717, 1.165) is 5.57 Å². The molecular formula is C28H33FO5. The lowest BCUT2D eigenvalue weighted by Gasteiger charge is -2.63. The van der Waals surface area contributed by atoms with E-state index in [2.05, 4.69) is 0 Å². The van der Waals surface area contributed by atoms with E-state index in [-0.39, 0.29) is 30.6 Å². The first kappa shape index (κ1) is 22.4. The molecule has 0 spiro atoms. The van der Waals surface area contributed by atoms with Gasteiger partial charge in [-0.2, -0.15) is 0 Å². The molecule has 1 heterocycles. The summed E-state index contributed by atoms with van der Waals surface area (Å²) in [5, 5.41) is 24.0. The molecule has 1 aromatic rings. The van der Waals surface area contributed by atoms with Gasteiger partial charge in [0.2, 0.25) is 0 Å². The van der Waals surface area contributed by atoms with Gasteiger partial charge in [-0.1, -0.05) is 43.7 Å². The van der Waals surface area contributed by atoms with Gasteiger partial charge < -0.3 is 19.7 Å². The normalized spacial score (nSPS) is 51.2. The Kier molecular flexibility index (Phi) is 4.49. The summed E-state index contributed by atoms with van der Waals surface area (Å²) in [5.41, 5.74) is -4.39. The van der Waals surface area contributed by atoms with Gasteiger partial charge in [-0.15, -0.1) is 0 Å². The zero-order valence-electron chi connectivity index (χ0n) is 20.0. The third-order valence-corrected chi connectivity index (χ3v) is 10.2. The Morgan fingerprint density at radius 2 is 1.88 bits per heavy atom. The van der Waals surface area contributed by atoms with Gasteiger partial charge in [-0.05, 0) is 68.7 Å². The van der Waals surface area contributed by atoms with Crippen LogP contribution >= 0.6 is 0 Å². The Morgan fingerprint density at radius 3 is 2.56 bits per heavy atom. The average Bonchev–Trinajstić information content (AvgIpc) is 3.55. The Labute approximate surface area is 199 Å². The largest absolute Gasteiger partial charge is 0.457 e. The lowest BCUT2D eigenvalue weighted by Crippen LogP contribution is -2.70. The molecule has 0 radical (unpaired) electrons. The van der Waals surface area contributed by atoms with E-state index in [9.17, 15) is 15.0 Å². The fourth-order valence-corrected chi connectivity index (χ4v) is 8.46. The van der Waals surface area contributed by atoms with Crippen LogP contribution in [0.2, 0.25) is 0 Å². The molecule has 3 saturated carbocycles. The number of allylic oxidation sites excluding steroid dienone is 4. The highest BCUT2D eigenvalue weighted by Gasteiger charge is 2.81. The summed E-state index contributed by atoms with van der Waals surface area (Å²) in [6.45, 7) is 6.04. The zero-order chi connectivity index (χ0) is 24.1. The summed E-state index contributed by atoms with van der Waals surface area (Å²) < 4.78 is 29.5. The molecule has 182 valence electrons. The molecule has 2 N–H and O–H groups in total. The fourth-order valence-electron chi connectivity index (χ4n) is 8.46. The van der Waals surface area contributed by atoms with E-state index in [1.807, 2.05) is 51.1 Å². The van der Waals surface area contributed by atoms with Crippen LogP contribution in [0.4, 0.5) is 4.39 Å². The molecule has 1 aromatic carbocycles. The molecule has 5 nitrogen and oxygen atoms in total. The van der Waals surface area contributed by atoms with Crippen LogP contribution in [-0.2, 0) is 9.53 Å². The number of ketones is 1. The first-order valence-electron chi connectivity index (χ1n) is 12.4. The maximum atomic E-state index is 17.3. The molecule has 0 bridgehead atoms. The van der Waals surface area contributed by atoms with E-state index in [1.54, 1.807) is 12.2 Å². The highest BCUT2D eigenvalue weighted by Crippen LogP contribution is 2.73. The van der Waals surface area contributed by atoms with E-state index < -0.39 is 39.9 Å². The number of aliphatic hydroxyl groups excluding tert-OH is 1. The lowest BCUT2D eigenvalue weighted by molar-refractivity contribution is -0.256. The molecule has 6 heteroatoms. The Balaban J connectivity index is 1.41. The first-order valence-corrected chi connectivity index (χ1v) is 12.4. The van der Waals surface area contributed by atoms with Gasteiger partial charge in [0.15, 0.2) is 11.5 Å². The van der Waals surface area contributed by atoms with E-state index in [1.165, 1.54) is 6.08 Å². The maximum Gasteiger partial charge on any atom is 0.264 e. The van der Waals surface area contributed by atoms with Gasteiger partial charge in [-0.25, -0.2) is 4.39 Å². The number of para-hydroxylation sites is 1.